The zero-order chi connectivity index (χ0) is 7.11. The normalized spacial score (nSPS) is 14.6. The first-order chi connectivity index (χ1) is 4.35. The maximum Gasteiger partial charge on any atom is -0.0236 e. The highest BCUT2D eigenvalue weighted by molar-refractivity contribution is 4.84. The Morgan fingerprint density at radius 1 is 1.33 bits per heavy atom. The van der Waals surface area contributed by atoms with Crippen LogP contribution in [0.5, 0.6) is 0 Å². The van der Waals surface area contributed by atoms with Gasteiger partial charge in [0.2, 0.25) is 0 Å². The van der Waals surface area contributed by atoms with Gasteiger partial charge in [0.1, 0.15) is 0 Å². The topological polar surface area (TPSA) is 0 Å². The molecule has 0 nitrogen and oxygen atoms in total. The maximum absolute atomic E-state index is 2.31. The lowest BCUT2D eigenvalue weighted by Crippen LogP contribution is -1.91. The van der Waals surface area contributed by atoms with Crippen molar-refractivity contribution >= 4 is 0 Å². The highest BCUT2D eigenvalue weighted by atomic mass is 14.0. The Balaban J connectivity index is 3.41. The van der Waals surface area contributed by atoms with Crippen LogP contribution in [-0.4, -0.2) is 0 Å². The lowest BCUT2D eigenvalue weighted by molar-refractivity contribution is 0.563. The molecule has 0 saturated carbocycles. The van der Waals surface area contributed by atoms with E-state index in [1.165, 1.54) is 19.3 Å². The molecule has 0 aromatic carbocycles. The molecule has 0 aliphatic carbocycles. The molecule has 0 saturated heterocycles. The summed E-state index contributed by atoms with van der Waals surface area (Å²) in [6, 6.07) is 0. The third kappa shape index (κ3) is 4.26. The van der Waals surface area contributed by atoms with Crippen molar-refractivity contribution in [2.45, 2.75) is 40.0 Å². The van der Waals surface area contributed by atoms with Gasteiger partial charge in [-0.1, -0.05) is 32.4 Å². The Morgan fingerprint density at radius 3 is 2.33 bits per heavy atom. The molecule has 0 fully saturated rings. The van der Waals surface area contributed by atoms with E-state index >= 15 is 0 Å². The van der Waals surface area contributed by atoms with Crippen LogP contribution in [0.1, 0.15) is 40.0 Å². The van der Waals surface area contributed by atoms with Gasteiger partial charge in [0.25, 0.3) is 0 Å². The van der Waals surface area contributed by atoms with E-state index in [9.17, 15) is 0 Å². The fourth-order valence-corrected chi connectivity index (χ4v) is 1.08. The molecular formula is C9H18. The van der Waals surface area contributed by atoms with Gasteiger partial charge < -0.3 is 0 Å². The van der Waals surface area contributed by atoms with E-state index in [1.807, 2.05) is 0 Å². The number of hydrogen-bond donors (Lipinski definition) is 0. The Labute approximate surface area is 59.0 Å². The first-order valence-corrected chi connectivity index (χ1v) is 3.97. The molecule has 0 N–H and O–H groups in total. The average Bonchev–Trinajstić information content (AvgIpc) is 1.88. The van der Waals surface area contributed by atoms with Crippen molar-refractivity contribution in [1.29, 1.82) is 0 Å². The van der Waals surface area contributed by atoms with E-state index < -0.39 is 0 Å². The average molecular weight is 126 g/mol. The van der Waals surface area contributed by atoms with Crippen LogP contribution >= 0.6 is 0 Å². The van der Waals surface area contributed by atoms with Crippen molar-refractivity contribution in [3.05, 3.63) is 12.2 Å². The van der Waals surface area contributed by atoms with Gasteiger partial charge >= 0.3 is 0 Å². The number of allylic oxidation sites excluding steroid dienone is 2. The summed E-state index contributed by atoms with van der Waals surface area (Å²) in [5, 5.41) is 0. The molecule has 0 aromatic rings. The minimum atomic E-state index is 0.833. The molecular weight excluding hydrogens is 108 g/mol. The molecule has 54 valence electrons. The zero-order valence-corrected chi connectivity index (χ0v) is 6.85. The first kappa shape index (κ1) is 8.74. The van der Waals surface area contributed by atoms with Gasteiger partial charge in [-0.05, 0) is 25.7 Å². The molecule has 0 radical (unpaired) electrons. The van der Waals surface area contributed by atoms with Crippen molar-refractivity contribution < 1.29 is 0 Å². The number of rotatable bonds is 4. The predicted octanol–water partition coefficient (Wildman–Crippen LogP) is 3.39. The largest absolute Gasteiger partial charge is 0.0914 e. The van der Waals surface area contributed by atoms with E-state index in [1.54, 1.807) is 0 Å². The van der Waals surface area contributed by atoms with Crippen LogP contribution in [0.4, 0.5) is 0 Å². The first-order valence-electron chi connectivity index (χ1n) is 3.97. The van der Waals surface area contributed by atoms with Gasteiger partial charge in [-0.25, -0.2) is 0 Å². The Hall–Kier alpha value is -0.260. The summed E-state index contributed by atoms with van der Waals surface area (Å²) in [6.07, 6.45) is 8.41. The van der Waals surface area contributed by atoms with Crippen molar-refractivity contribution in [3.63, 3.8) is 0 Å². The van der Waals surface area contributed by atoms with Crippen LogP contribution in [0.15, 0.2) is 12.2 Å². The highest BCUT2D eigenvalue weighted by Gasteiger charge is 1.96. The summed E-state index contributed by atoms with van der Waals surface area (Å²) in [5.41, 5.74) is 0. The summed E-state index contributed by atoms with van der Waals surface area (Å²) < 4.78 is 0. The minimum Gasteiger partial charge on any atom is -0.0914 e. The van der Waals surface area contributed by atoms with Gasteiger partial charge in [-0.15, -0.1) is 0 Å². The van der Waals surface area contributed by atoms with Crippen molar-refractivity contribution in [1.82, 2.24) is 0 Å². The van der Waals surface area contributed by atoms with E-state index in [4.69, 9.17) is 0 Å². The lowest BCUT2D eigenvalue weighted by Gasteiger charge is -2.05. The number of hydrogen-bond acceptors (Lipinski definition) is 0. The lowest BCUT2D eigenvalue weighted by atomic mass is 10.0. The Morgan fingerprint density at radius 2 is 2.00 bits per heavy atom. The molecule has 1 unspecified atom stereocenters. The van der Waals surface area contributed by atoms with Gasteiger partial charge in [-0.2, -0.15) is 0 Å². The van der Waals surface area contributed by atoms with E-state index in [2.05, 4.69) is 32.9 Å². The molecule has 1 atom stereocenters. The smallest absolute Gasteiger partial charge is 0.0236 e. The zero-order valence-electron chi connectivity index (χ0n) is 6.85. The maximum atomic E-state index is 2.31. The Kier molecular flexibility index (Phi) is 5.70. The second kappa shape index (κ2) is 5.87. The van der Waals surface area contributed by atoms with Crippen LogP contribution in [0.3, 0.4) is 0 Å². The van der Waals surface area contributed by atoms with E-state index in [-0.39, 0.29) is 0 Å². The summed E-state index contributed by atoms with van der Waals surface area (Å²) in [5.74, 6) is 0.833. The highest BCUT2D eigenvalue weighted by Crippen LogP contribution is 2.11. The van der Waals surface area contributed by atoms with Crippen LogP contribution in [0.2, 0.25) is 0 Å². The van der Waals surface area contributed by atoms with Crippen LogP contribution in [-0.2, 0) is 0 Å². The molecule has 0 aliphatic rings. The van der Waals surface area contributed by atoms with Crippen molar-refractivity contribution in [3.8, 4) is 0 Å². The molecule has 0 spiro atoms. The SMILES string of the molecule is CC=CC(CC)CCC. The van der Waals surface area contributed by atoms with Crippen LogP contribution < -0.4 is 0 Å². The predicted molar refractivity (Wildman–Crippen MR) is 43.5 cm³/mol. The van der Waals surface area contributed by atoms with Crippen LogP contribution in [0.25, 0.3) is 0 Å². The van der Waals surface area contributed by atoms with E-state index in [0.29, 0.717) is 0 Å². The summed E-state index contributed by atoms with van der Waals surface area (Å²) in [4.78, 5) is 0. The summed E-state index contributed by atoms with van der Waals surface area (Å²) in [7, 11) is 0. The quantitative estimate of drug-likeness (QED) is 0.506. The third-order valence-corrected chi connectivity index (χ3v) is 1.65. The second-order valence-electron chi connectivity index (χ2n) is 2.48. The summed E-state index contributed by atoms with van der Waals surface area (Å²) >= 11 is 0. The fourth-order valence-electron chi connectivity index (χ4n) is 1.08. The van der Waals surface area contributed by atoms with Crippen molar-refractivity contribution in [2.75, 3.05) is 0 Å². The monoisotopic (exact) mass is 126 g/mol. The third-order valence-electron chi connectivity index (χ3n) is 1.65. The molecule has 0 heterocycles. The fraction of sp³-hybridized carbons (Fsp3) is 0.778. The van der Waals surface area contributed by atoms with Crippen molar-refractivity contribution in [2.24, 2.45) is 5.92 Å². The van der Waals surface area contributed by atoms with Gasteiger partial charge in [0.15, 0.2) is 0 Å². The molecule has 9 heavy (non-hydrogen) atoms. The molecule has 0 rings (SSSR count). The minimum absolute atomic E-state index is 0.833. The van der Waals surface area contributed by atoms with Gasteiger partial charge in [0, 0.05) is 0 Å². The molecule has 0 bridgehead atoms. The summed E-state index contributed by atoms with van der Waals surface area (Å²) in [6.45, 7) is 6.59. The van der Waals surface area contributed by atoms with Gasteiger partial charge in [-0.3, -0.25) is 0 Å². The standard InChI is InChI=1S/C9H18/c1-4-7-9(6-3)8-5-2/h4,7,9H,5-6,8H2,1-3H3. The second-order valence-corrected chi connectivity index (χ2v) is 2.48. The van der Waals surface area contributed by atoms with E-state index in [0.717, 1.165) is 5.92 Å². The molecule has 0 aliphatic heterocycles. The van der Waals surface area contributed by atoms with Gasteiger partial charge in [0.05, 0.1) is 0 Å². The molecule has 0 heteroatoms. The molecule has 0 aromatic heterocycles. The van der Waals surface area contributed by atoms with Crippen LogP contribution in [0, 0.1) is 5.92 Å². The Bertz CT molecular complexity index is 72.1. The molecule has 0 amide bonds.